The van der Waals surface area contributed by atoms with E-state index >= 15 is 0 Å². The number of rotatable bonds is 6. The highest BCUT2D eigenvalue weighted by Gasteiger charge is 2.41. The van der Waals surface area contributed by atoms with Gasteiger partial charge in [-0.2, -0.15) is 0 Å². The molecule has 5 amide bonds. The van der Waals surface area contributed by atoms with Crippen LogP contribution in [0.3, 0.4) is 0 Å². The number of barbiturate groups is 1. The molecule has 1 atom stereocenters. The van der Waals surface area contributed by atoms with Gasteiger partial charge in [-0.25, -0.2) is 4.79 Å². The first-order valence-electron chi connectivity index (χ1n) is 8.61. The van der Waals surface area contributed by atoms with E-state index in [2.05, 4.69) is 21.8 Å². The maximum atomic E-state index is 12.4. The van der Waals surface area contributed by atoms with E-state index in [0.717, 1.165) is 18.0 Å². The van der Waals surface area contributed by atoms with Gasteiger partial charge in [0.2, 0.25) is 17.7 Å². The molecular weight excluding hydrogens is 338 g/mol. The molecular formula is C17H25N5O4. The molecule has 0 spiro atoms. The van der Waals surface area contributed by atoms with E-state index in [1.807, 2.05) is 0 Å². The van der Waals surface area contributed by atoms with Gasteiger partial charge in [-0.1, -0.05) is 6.08 Å². The summed E-state index contributed by atoms with van der Waals surface area (Å²) in [6.07, 6.45) is 1.43. The van der Waals surface area contributed by atoms with Crippen LogP contribution in [0.25, 0.3) is 0 Å². The normalized spacial score (nSPS) is 22.5. The smallest absolute Gasteiger partial charge is 0.331 e. The Hall–Kier alpha value is -2.55. The first-order valence-corrected chi connectivity index (χ1v) is 8.61. The highest BCUT2D eigenvalue weighted by atomic mass is 16.2. The molecule has 9 heteroatoms. The Morgan fingerprint density at radius 1 is 1.23 bits per heavy atom. The minimum Gasteiger partial charge on any atom is -0.340 e. The minimum atomic E-state index is -1.08. The number of hydrogen-bond donors (Lipinski definition) is 1. The van der Waals surface area contributed by atoms with E-state index < -0.39 is 23.8 Å². The van der Waals surface area contributed by atoms with E-state index in [4.69, 9.17) is 0 Å². The molecule has 2 aliphatic rings. The summed E-state index contributed by atoms with van der Waals surface area (Å²) in [5.41, 5.74) is 0.386. The fraction of sp³-hybridized carbons (Fsp3) is 0.588. The third-order valence-electron chi connectivity index (χ3n) is 4.57. The van der Waals surface area contributed by atoms with Crippen LogP contribution in [0.1, 0.15) is 13.8 Å². The number of urea groups is 1. The molecule has 2 fully saturated rings. The monoisotopic (exact) mass is 363 g/mol. The first-order chi connectivity index (χ1) is 12.3. The molecule has 142 valence electrons. The predicted octanol–water partition coefficient (Wildman–Crippen LogP) is -0.508. The van der Waals surface area contributed by atoms with Crippen molar-refractivity contribution in [2.75, 3.05) is 45.8 Å². The summed E-state index contributed by atoms with van der Waals surface area (Å²) in [4.78, 5) is 56.8. The molecule has 2 heterocycles. The highest BCUT2D eigenvalue weighted by molar-refractivity contribution is 6.27. The summed E-state index contributed by atoms with van der Waals surface area (Å²) in [5.74, 6) is -2.22. The van der Waals surface area contributed by atoms with Crippen molar-refractivity contribution in [1.82, 2.24) is 20.0 Å². The van der Waals surface area contributed by atoms with Gasteiger partial charge in [0, 0.05) is 51.9 Å². The Kier molecular flexibility index (Phi) is 6.62. The van der Waals surface area contributed by atoms with Crippen LogP contribution in [0.5, 0.6) is 0 Å². The lowest BCUT2D eigenvalue weighted by molar-refractivity contribution is -0.139. The Balaban J connectivity index is 1.91. The quantitative estimate of drug-likeness (QED) is 0.389. The van der Waals surface area contributed by atoms with Gasteiger partial charge in [0.05, 0.1) is 6.54 Å². The lowest BCUT2D eigenvalue weighted by Crippen LogP contribution is -2.59. The number of piperazine rings is 1. The fourth-order valence-electron chi connectivity index (χ4n) is 3.03. The van der Waals surface area contributed by atoms with Crippen LogP contribution in [-0.2, 0) is 14.4 Å². The average Bonchev–Trinajstić information content (AvgIpc) is 2.59. The topological polar surface area (TPSA) is 102 Å². The van der Waals surface area contributed by atoms with Crippen molar-refractivity contribution in [1.29, 1.82) is 0 Å². The van der Waals surface area contributed by atoms with Crippen LogP contribution in [0, 0.1) is 5.92 Å². The maximum Gasteiger partial charge on any atom is 0.331 e. The third kappa shape index (κ3) is 4.54. The molecule has 0 aliphatic carbocycles. The van der Waals surface area contributed by atoms with E-state index in [1.54, 1.807) is 18.7 Å². The molecule has 2 saturated heterocycles. The van der Waals surface area contributed by atoms with Gasteiger partial charge in [-0.05, 0) is 6.92 Å². The van der Waals surface area contributed by atoms with E-state index in [1.165, 1.54) is 6.08 Å². The zero-order valence-corrected chi connectivity index (χ0v) is 15.2. The standard InChI is InChI=1S/C17H25N5O4/c1-4-6-22-16(25)14(15(24)19-17(22)26)12(2)18-5-7-20-8-10-21(11-9-20)13(3)23/h4,14H,1,5-11H2,2-3H3,(H,19,24,26). The molecule has 1 N–H and O–H groups in total. The van der Waals surface area contributed by atoms with Crippen LogP contribution < -0.4 is 5.32 Å². The SMILES string of the molecule is C=CCN1C(=O)NC(=O)C(C(C)=NCCN2CCN(C(C)=O)CC2)C1=O. The Bertz CT molecular complexity index is 637. The van der Waals surface area contributed by atoms with Crippen molar-refractivity contribution in [3.63, 3.8) is 0 Å². The summed E-state index contributed by atoms with van der Waals surface area (Å²) < 4.78 is 0. The van der Waals surface area contributed by atoms with Crippen molar-refractivity contribution in [2.45, 2.75) is 13.8 Å². The third-order valence-corrected chi connectivity index (χ3v) is 4.57. The number of nitrogens with zero attached hydrogens (tertiary/aromatic N) is 4. The maximum absolute atomic E-state index is 12.4. The number of carbonyl (C=O) groups excluding carboxylic acids is 4. The lowest BCUT2D eigenvalue weighted by Gasteiger charge is -2.34. The number of nitrogens with one attached hydrogen (secondary N) is 1. The molecule has 2 aliphatic heterocycles. The zero-order chi connectivity index (χ0) is 19.3. The summed E-state index contributed by atoms with van der Waals surface area (Å²) in [6, 6.07) is -0.729. The van der Waals surface area contributed by atoms with Gasteiger partial charge in [0.25, 0.3) is 0 Å². The van der Waals surface area contributed by atoms with Crippen molar-refractivity contribution in [3.05, 3.63) is 12.7 Å². The van der Waals surface area contributed by atoms with Crippen LogP contribution in [-0.4, -0.2) is 90.0 Å². The molecule has 0 aromatic rings. The van der Waals surface area contributed by atoms with E-state index in [0.29, 0.717) is 31.9 Å². The molecule has 0 saturated carbocycles. The van der Waals surface area contributed by atoms with Gasteiger partial charge < -0.3 is 4.90 Å². The summed E-state index contributed by atoms with van der Waals surface area (Å²) in [6.45, 7) is 10.8. The van der Waals surface area contributed by atoms with Gasteiger partial charge in [0.15, 0.2) is 5.92 Å². The number of amides is 5. The van der Waals surface area contributed by atoms with Crippen LogP contribution in [0.2, 0.25) is 0 Å². The molecule has 0 bridgehead atoms. The van der Waals surface area contributed by atoms with Crippen molar-refractivity contribution >= 4 is 29.5 Å². The molecule has 9 nitrogen and oxygen atoms in total. The van der Waals surface area contributed by atoms with Gasteiger partial charge in [-0.3, -0.25) is 34.5 Å². The van der Waals surface area contributed by atoms with Gasteiger partial charge >= 0.3 is 6.03 Å². The minimum absolute atomic E-state index is 0.0438. The summed E-state index contributed by atoms with van der Waals surface area (Å²) in [7, 11) is 0. The second-order valence-electron chi connectivity index (χ2n) is 6.34. The molecule has 0 radical (unpaired) electrons. The highest BCUT2D eigenvalue weighted by Crippen LogP contribution is 2.13. The van der Waals surface area contributed by atoms with Crippen LogP contribution in [0.15, 0.2) is 17.6 Å². The van der Waals surface area contributed by atoms with Crippen molar-refractivity contribution in [2.24, 2.45) is 10.9 Å². The Labute approximate surface area is 152 Å². The average molecular weight is 363 g/mol. The lowest BCUT2D eigenvalue weighted by atomic mass is 9.99. The van der Waals surface area contributed by atoms with Crippen LogP contribution in [0.4, 0.5) is 4.79 Å². The summed E-state index contributed by atoms with van der Waals surface area (Å²) >= 11 is 0. The van der Waals surface area contributed by atoms with Crippen molar-refractivity contribution < 1.29 is 19.2 Å². The molecule has 26 heavy (non-hydrogen) atoms. The second-order valence-corrected chi connectivity index (χ2v) is 6.34. The number of carbonyl (C=O) groups is 4. The Morgan fingerprint density at radius 2 is 1.88 bits per heavy atom. The molecule has 2 rings (SSSR count). The zero-order valence-electron chi connectivity index (χ0n) is 15.2. The number of imide groups is 2. The van der Waals surface area contributed by atoms with Crippen molar-refractivity contribution in [3.8, 4) is 0 Å². The Morgan fingerprint density at radius 3 is 2.46 bits per heavy atom. The summed E-state index contributed by atoms with van der Waals surface area (Å²) in [5, 5.41) is 2.18. The van der Waals surface area contributed by atoms with E-state index in [9.17, 15) is 19.2 Å². The molecule has 0 aromatic carbocycles. The largest absolute Gasteiger partial charge is 0.340 e. The molecule has 0 aromatic heterocycles. The number of aliphatic imine (C=N–C) groups is 1. The fourth-order valence-corrected chi connectivity index (χ4v) is 3.03. The van der Waals surface area contributed by atoms with Gasteiger partial charge in [0.1, 0.15) is 0 Å². The van der Waals surface area contributed by atoms with Crippen LogP contribution >= 0.6 is 0 Å². The first kappa shape index (κ1) is 19.8. The predicted molar refractivity (Wildman–Crippen MR) is 95.6 cm³/mol. The molecule has 1 unspecified atom stereocenters. The number of hydrogen-bond acceptors (Lipinski definition) is 6. The van der Waals surface area contributed by atoms with E-state index in [-0.39, 0.29) is 12.5 Å². The second kappa shape index (κ2) is 8.70. The van der Waals surface area contributed by atoms with Gasteiger partial charge in [-0.15, -0.1) is 6.58 Å².